The second-order valence-electron chi connectivity index (χ2n) is 12.1. The molecule has 2 fully saturated rings. The summed E-state index contributed by atoms with van der Waals surface area (Å²) in [5.74, 6) is 13.1. The molecule has 1 saturated heterocycles. The first-order chi connectivity index (χ1) is 22.9. The van der Waals surface area contributed by atoms with E-state index < -0.39 is 0 Å². The lowest BCUT2D eigenvalue weighted by Gasteiger charge is -2.27. The van der Waals surface area contributed by atoms with Gasteiger partial charge in [-0.25, -0.2) is 9.78 Å². The summed E-state index contributed by atoms with van der Waals surface area (Å²) < 4.78 is 12.5. The third-order valence-corrected chi connectivity index (χ3v) is 8.36. The Bertz CT molecular complexity index is 1780. The largest absolute Gasteiger partial charge is 0.482 e. The Kier molecular flexibility index (Phi) is 10.0. The predicted octanol–water partition coefficient (Wildman–Crippen LogP) is 6.15. The molecule has 1 N–H and O–H groups in total. The molecule has 47 heavy (non-hydrogen) atoms. The van der Waals surface area contributed by atoms with Gasteiger partial charge in [-0.15, -0.1) is 0 Å². The van der Waals surface area contributed by atoms with E-state index in [0.29, 0.717) is 37.1 Å². The van der Waals surface area contributed by atoms with Gasteiger partial charge in [-0.05, 0) is 67.4 Å². The first-order valence-corrected chi connectivity index (χ1v) is 16.0. The van der Waals surface area contributed by atoms with E-state index in [4.69, 9.17) is 9.47 Å². The van der Waals surface area contributed by atoms with Gasteiger partial charge in [0, 0.05) is 24.1 Å². The maximum absolute atomic E-state index is 13.9. The molecule has 8 heteroatoms. The Morgan fingerprint density at radius 2 is 1.53 bits per heavy atom. The monoisotopic (exact) mass is 626 g/mol. The maximum atomic E-state index is 13.9. The van der Waals surface area contributed by atoms with E-state index in [-0.39, 0.29) is 36.7 Å². The van der Waals surface area contributed by atoms with E-state index in [9.17, 15) is 9.90 Å². The van der Waals surface area contributed by atoms with Crippen LogP contribution in [0, 0.1) is 29.6 Å². The minimum atomic E-state index is -0.217. The van der Waals surface area contributed by atoms with Crippen molar-refractivity contribution in [2.45, 2.75) is 64.6 Å². The zero-order valence-electron chi connectivity index (χ0n) is 26.7. The number of hydrogen-bond donors (Lipinski definition) is 1. The Balaban J connectivity index is 1.20. The van der Waals surface area contributed by atoms with Crippen molar-refractivity contribution in [2.75, 3.05) is 6.54 Å². The standard InChI is InChI=1S/C39H38N4O4/c1-28(2)43-36(33-19-17-29(18-20-33)11-9-10-16-32-21-34(44)22-32)24-42(39(43)45)23-35-37(46-25-30-12-5-3-6-13-30)38(41-27-40-35)47-26-31-14-7-4-8-15-31/h3-8,12-15,17-20,27-28,32,34,36,44H,21-26H2,1-2H3. The van der Waals surface area contributed by atoms with E-state index in [1.807, 2.05) is 109 Å². The number of rotatable bonds is 10. The highest BCUT2D eigenvalue weighted by atomic mass is 16.5. The van der Waals surface area contributed by atoms with Gasteiger partial charge in [-0.1, -0.05) is 84.6 Å². The van der Waals surface area contributed by atoms with Gasteiger partial charge >= 0.3 is 6.03 Å². The second kappa shape index (κ2) is 14.9. The number of benzene rings is 3. The normalized spacial score (nSPS) is 18.6. The van der Waals surface area contributed by atoms with Gasteiger partial charge in [0.05, 0.1) is 18.7 Å². The molecule has 0 radical (unpaired) electrons. The van der Waals surface area contributed by atoms with Crippen molar-refractivity contribution >= 4 is 6.03 Å². The van der Waals surface area contributed by atoms with E-state index in [1.54, 1.807) is 0 Å². The van der Waals surface area contributed by atoms with Crippen LogP contribution in [-0.4, -0.2) is 49.6 Å². The molecular formula is C39H38N4O4. The fourth-order valence-corrected chi connectivity index (χ4v) is 5.77. The molecule has 2 heterocycles. The SMILES string of the molecule is CC(C)N1C(=O)N(Cc2ncnc(OCc3ccccc3)c2OCc2ccccc2)CC1c1ccc(C#CC#CC2CC(O)C2)cc1. The molecule has 2 amide bonds. The van der Waals surface area contributed by atoms with Gasteiger partial charge < -0.3 is 24.4 Å². The highest BCUT2D eigenvalue weighted by Gasteiger charge is 2.40. The van der Waals surface area contributed by atoms with Crippen LogP contribution < -0.4 is 9.47 Å². The summed E-state index contributed by atoms with van der Waals surface area (Å²) >= 11 is 0. The van der Waals surface area contributed by atoms with Crippen molar-refractivity contribution in [1.82, 2.24) is 19.8 Å². The molecule has 238 valence electrons. The number of aliphatic hydroxyl groups excluding tert-OH is 1. The van der Waals surface area contributed by atoms with Crippen LogP contribution in [0.5, 0.6) is 11.6 Å². The molecule has 6 rings (SSSR count). The molecule has 8 nitrogen and oxygen atoms in total. The van der Waals surface area contributed by atoms with Gasteiger partial charge in [-0.2, -0.15) is 4.98 Å². The topological polar surface area (TPSA) is 88.0 Å². The smallest absolute Gasteiger partial charge is 0.321 e. The van der Waals surface area contributed by atoms with Crippen molar-refractivity contribution in [1.29, 1.82) is 0 Å². The maximum Gasteiger partial charge on any atom is 0.321 e. The molecule has 1 aliphatic carbocycles. The summed E-state index contributed by atoms with van der Waals surface area (Å²) in [5, 5.41) is 9.42. The zero-order valence-corrected chi connectivity index (χ0v) is 26.7. The van der Waals surface area contributed by atoms with Crippen molar-refractivity contribution in [3.63, 3.8) is 0 Å². The summed E-state index contributed by atoms with van der Waals surface area (Å²) in [4.78, 5) is 26.6. The van der Waals surface area contributed by atoms with Crippen LogP contribution in [0.15, 0.2) is 91.3 Å². The zero-order chi connectivity index (χ0) is 32.6. The number of nitrogens with zero attached hydrogens (tertiary/aromatic N) is 4. The molecule has 0 spiro atoms. The molecule has 1 aromatic heterocycles. The number of ether oxygens (including phenoxy) is 2. The predicted molar refractivity (Wildman–Crippen MR) is 179 cm³/mol. The third kappa shape index (κ3) is 7.92. The number of amides is 2. The van der Waals surface area contributed by atoms with Crippen LogP contribution in [-0.2, 0) is 19.8 Å². The molecule has 1 unspecified atom stereocenters. The van der Waals surface area contributed by atoms with Crippen molar-refractivity contribution in [2.24, 2.45) is 5.92 Å². The summed E-state index contributed by atoms with van der Waals surface area (Å²) in [6.45, 7) is 5.42. The number of aliphatic hydroxyl groups is 1. The minimum absolute atomic E-state index is 0.0127. The molecule has 4 aromatic rings. The summed E-state index contributed by atoms with van der Waals surface area (Å²) in [6, 6.07) is 27.6. The number of carbonyl (C=O) groups is 1. The second-order valence-corrected chi connectivity index (χ2v) is 12.1. The lowest BCUT2D eigenvalue weighted by molar-refractivity contribution is 0.0666. The Morgan fingerprint density at radius 1 is 0.872 bits per heavy atom. The Hall–Kier alpha value is -5.31. The highest BCUT2D eigenvalue weighted by Crippen LogP contribution is 2.35. The van der Waals surface area contributed by atoms with Gasteiger partial charge in [0.1, 0.15) is 25.2 Å². The van der Waals surface area contributed by atoms with Crippen molar-refractivity contribution in [3.05, 3.63) is 119 Å². The summed E-state index contributed by atoms with van der Waals surface area (Å²) in [7, 11) is 0. The van der Waals surface area contributed by atoms with Gasteiger partial charge in [-0.3, -0.25) is 0 Å². The van der Waals surface area contributed by atoms with Gasteiger partial charge in [0.25, 0.3) is 5.88 Å². The van der Waals surface area contributed by atoms with Crippen LogP contribution in [0.1, 0.15) is 60.7 Å². The van der Waals surface area contributed by atoms with Crippen LogP contribution in [0.3, 0.4) is 0 Å². The summed E-state index contributed by atoms with van der Waals surface area (Å²) in [5.41, 5.74) is 4.48. The Labute approximate surface area is 276 Å². The minimum Gasteiger partial charge on any atom is -0.482 e. The molecule has 1 atom stereocenters. The highest BCUT2D eigenvalue weighted by molar-refractivity contribution is 5.78. The molecular weight excluding hydrogens is 588 g/mol. The number of hydrogen-bond acceptors (Lipinski definition) is 6. The first kappa shape index (κ1) is 31.7. The quantitative estimate of drug-likeness (QED) is 0.213. The van der Waals surface area contributed by atoms with E-state index in [0.717, 1.165) is 35.1 Å². The number of aromatic nitrogens is 2. The van der Waals surface area contributed by atoms with Crippen LogP contribution in [0.4, 0.5) is 4.79 Å². The van der Waals surface area contributed by atoms with E-state index in [2.05, 4.69) is 33.6 Å². The third-order valence-electron chi connectivity index (χ3n) is 8.36. The van der Waals surface area contributed by atoms with Crippen molar-refractivity contribution < 1.29 is 19.4 Å². The van der Waals surface area contributed by atoms with Gasteiger partial charge in [0.2, 0.25) is 5.75 Å². The fourth-order valence-electron chi connectivity index (χ4n) is 5.77. The van der Waals surface area contributed by atoms with Crippen LogP contribution in [0.25, 0.3) is 0 Å². The lowest BCUT2D eigenvalue weighted by atomic mass is 9.83. The lowest BCUT2D eigenvalue weighted by Crippen LogP contribution is -2.37. The van der Waals surface area contributed by atoms with Crippen LogP contribution >= 0.6 is 0 Å². The van der Waals surface area contributed by atoms with E-state index >= 15 is 0 Å². The average molecular weight is 627 g/mol. The first-order valence-electron chi connectivity index (χ1n) is 16.0. The molecule has 1 saturated carbocycles. The molecule has 0 bridgehead atoms. The molecule has 3 aromatic carbocycles. The summed E-state index contributed by atoms with van der Waals surface area (Å²) in [6.07, 6.45) is 2.71. The van der Waals surface area contributed by atoms with Gasteiger partial charge in [0.15, 0.2) is 0 Å². The fraction of sp³-hybridized carbons (Fsp3) is 0.308. The Morgan fingerprint density at radius 3 is 2.17 bits per heavy atom. The van der Waals surface area contributed by atoms with Crippen LogP contribution in [0.2, 0.25) is 0 Å². The number of carbonyl (C=O) groups excluding carboxylic acids is 1. The molecule has 1 aliphatic heterocycles. The molecule has 2 aliphatic rings. The number of urea groups is 1. The van der Waals surface area contributed by atoms with Crippen molar-refractivity contribution in [3.8, 4) is 35.3 Å². The average Bonchev–Trinajstić information content (AvgIpc) is 3.41. The van der Waals surface area contributed by atoms with E-state index in [1.165, 1.54) is 6.33 Å².